The van der Waals surface area contributed by atoms with Crippen molar-refractivity contribution in [1.82, 2.24) is 9.80 Å². The van der Waals surface area contributed by atoms with E-state index in [1.165, 1.54) is 0 Å². The summed E-state index contributed by atoms with van der Waals surface area (Å²) in [6, 6.07) is -0.0884. The molecule has 118 valence electrons. The first kappa shape index (κ1) is 17.5. The summed E-state index contributed by atoms with van der Waals surface area (Å²) in [7, 11) is 2.78. The maximum atomic E-state index is 11.7. The van der Waals surface area contributed by atoms with Crippen LogP contribution in [0.4, 0.5) is 0 Å². The molecule has 1 aliphatic heterocycles. The van der Waals surface area contributed by atoms with Gasteiger partial charge in [-0.2, -0.15) is 0 Å². The van der Waals surface area contributed by atoms with Gasteiger partial charge >= 0.3 is 0 Å². The molecule has 0 saturated carbocycles. The topological polar surface area (TPSA) is 60.9 Å². The van der Waals surface area contributed by atoms with Crippen molar-refractivity contribution in [2.75, 3.05) is 39.2 Å². The molecule has 1 N–H and O–H groups in total. The first-order chi connectivity index (χ1) is 9.14. The lowest BCUT2D eigenvalue weighted by molar-refractivity contribution is 0.0622. The Hall–Kier alpha value is -0.590. The average Bonchev–Trinajstić information content (AvgIpc) is 2.34. The third-order valence-electron chi connectivity index (χ3n) is 4.11. The van der Waals surface area contributed by atoms with Crippen molar-refractivity contribution >= 4 is 9.84 Å². The highest BCUT2D eigenvalue weighted by molar-refractivity contribution is 7.91. The summed E-state index contributed by atoms with van der Waals surface area (Å²) in [6.45, 7) is 6.58. The number of rotatable bonds is 6. The molecule has 20 heavy (non-hydrogen) atoms. The molecule has 0 bridgehead atoms. The number of hydrogen-bond donors (Lipinski definition) is 1. The Balaban J connectivity index is 2.66. The maximum Gasteiger partial charge on any atom is 0.150 e. The van der Waals surface area contributed by atoms with E-state index in [-0.39, 0.29) is 17.7 Å². The second-order valence-corrected chi connectivity index (χ2v) is 8.35. The molecule has 5 nitrogen and oxygen atoms in total. The third-order valence-corrected chi connectivity index (χ3v) is 5.93. The monoisotopic (exact) mass is 304 g/mol. The molecule has 0 spiro atoms. The van der Waals surface area contributed by atoms with Crippen LogP contribution in [0.1, 0.15) is 19.8 Å². The van der Waals surface area contributed by atoms with Crippen molar-refractivity contribution in [2.45, 2.75) is 31.9 Å². The van der Waals surface area contributed by atoms with Crippen LogP contribution in [-0.2, 0) is 9.84 Å². The molecule has 0 aromatic rings. The van der Waals surface area contributed by atoms with Crippen LogP contribution in [0.2, 0.25) is 0 Å². The number of likely N-dealkylation sites (N-methyl/N-ethyl adjacent to an activating group) is 2. The summed E-state index contributed by atoms with van der Waals surface area (Å²) in [5, 5.41) is 10.2. The molecule has 1 heterocycles. The minimum atomic E-state index is -2.93. The fraction of sp³-hybridized carbons (Fsp3) is 0.857. The molecule has 0 radical (unpaired) electrons. The summed E-state index contributed by atoms with van der Waals surface area (Å²) in [5.41, 5.74) is 0.818. The highest BCUT2D eigenvalue weighted by Crippen LogP contribution is 2.27. The van der Waals surface area contributed by atoms with Gasteiger partial charge in [-0.15, -0.1) is 0 Å². The number of hydrogen-bond acceptors (Lipinski definition) is 5. The van der Waals surface area contributed by atoms with Gasteiger partial charge in [-0.1, -0.05) is 6.58 Å². The quantitative estimate of drug-likeness (QED) is 0.777. The molecule has 1 saturated heterocycles. The lowest BCUT2D eigenvalue weighted by Gasteiger charge is -2.37. The summed E-state index contributed by atoms with van der Waals surface area (Å²) < 4.78 is 23.4. The van der Waals surface area contributed by atoms with Gasteiger partial charge < -0.3 is 14.9 Å². The predicted octanol–water partition coefficient (Wildman–Crippen LogP) is 0.568. The van der Waals surface area contributed by atoms with Crippen LogP contribution in [0.5, 0.6) is 0 Å². The first-order valence-corrected chi connectivity index (χ1v) is 8.91. The molecule has 0 aromatic heterocycles. The van der Waals surface area contributed by atoms with Gasteiger partial charge in [0, 0.05) is 25.2 Å². The molecular formula is C14H28N2O3S. The van der Waals surface area contributed by atoms with Crippen LogP contribution in [0, 0.1) is 5.92 Å². The van der Waals surface area contributed by atoms with Crippen LogP contribution < -0.4 is 0 Å². The van der Waals surface area contributed by atoms with Gasteiger partial charge in [0.15, 0.2) is 9.84 Å². The highest BCUT2D eigenvalue weighted by atomic mass is 32.2. The molecule has 1 fully saturated rings. The lowest BCUT2D eigenvalue weighted by Crippen LogP contribution is -2.45. The number of nitrogens with zero attached hydrogens (tertiary/aromatic N) is 2. The van der Waals surface area contributed by atoms with E-state index in [0.29, 0.717) is 18.7 Å². The smallest absolute Gasteiger partial charge is 0.150 e. The van der Waals surface area contributed by atoms with E-state index >= 15 is 0 Å². The van der Waals surface area contributed by atoms with Gasteiger partial charge in [0.1, 0.15) is 0 Å². The van der Waals surface area contributed by atoms with E-state index < -0.39 is 15.9 Å². The number of aliphatic hydroxyl groups excluding tert-OH is 1. The average molecular weight is 304 g/mol. The predicted molar refractivity (Wildman–Crippen MR) is 82.3 cm³/mol. The second kappa shape index (κ2) is 6.91. The Morgan fingerprint density at radius 3 is 2.50 bits per heavy atom. The minimum Gasteiger partial charge on any atom is -0.390 e. The Labute approximate surface area is 123 Å². The molecule has 1 aliphatic rings. The van der Waals surface area contributed by atoms with Crippen LogP contribution in [0.15, 0.2) is 12.3 Å². The third kappa shape index (κ3) is 4.75. The van der Waals surface area contributed by atoms with E-state index in [4.69, 9.17) is 0 Å². The zero-order chi connectivity index (χ0) is 15.5. The number of aliphatic hydroxyl groups is 1. The van der Waals surface area contributed by atoms with Crippen LogP contribution >= 0.6 is 0 Å². The van der Waals surface area contributed by atoms with Crippen molar-refractivity contribution in [3.05, 3.63) is 12.3 Å². The highest BCUT2D eigenvalue weighted by Gasteiger charge is 2.30. The number of allylic oxidation sites excluding steroid dienone is 1. The fourth-order valence-corrected chi connectivity index (χ4v) is 4.37. The van der Waals surface area contributed by atoms with E-state index in [1.54, 1.807) is 0 Å². The van der Waals surface area contributed by atoms with Gasteiger partial charge in [0.25, 0.3) is 0 Å². The Morgan fingerprint density at radius 1 is 1.40 bits per heavy atom. The summed E-state index contributed by atoms with van der Waals surface area (Å²) in [5.74, 6) is 0.458. The Bertz CT molecular complexity index is 434. The van der Waals surface area contributed by atoms with Crippen molar-refractivity contribution in [1.29, 1.82) is 0 Å². The lowest BCUT2D eigenvalue weighted by atomic mass is 9.99. The molecular weight excluding hydrogens is 276 g/mol. The van der Waals surface area contributed by atoms with Gasteiger partial charge in [0.2, 0.25) is 0 Å². The largest absolute Gasteiger partial charge is 0.390 e. The van der Waals surface area contributed by atoms with Crippen molar-refractivity contribution in [3.8, 4) is 0 Å². The van der Waals surface area contributed by atoms with Crippen LogP contribution in [0.3, 0.4) is 0 Å². The summed E-state index contributed by atoms with van der Waals surface area (Å²) in [4.78, 5) is 3.86. The van der Waals surface area contributed by atoms with Gasteiger partial charge in [0.05, 0.1) is 23.7 Å². The molecule has 3 atom stereocenters. The van der Waals surface area contributed by atoms with E-state index in [0.717, 1.165) is 12.1 Å². The molecule has 6 heteroatoms. The van der Waals surface area contributed by atoms with Gasteiger partial charge in [-0.3, -0.25) is 0 Å². The van der Waals surface area contributed by atoms with Crippen LogP contribution in [-0.4, -0.2) is 74.7 Å². The van der Waals surface area contributed by atoms with Crippen molar-refractivity contribution < 1.29 is 13.5 Å². The van der Waals surface area contributed by atoms with E-state index in [2.05, 4.69) is 6.58 Å². The molecule has 1 rings (SSSR count). The maximum absolute atomic E-state index is 11.7. The van der Waals surface area contributed by atoms with Crippen molar-refractivity contribution in [2.24, 2.45) is 5.92 Å². The standard InChI is InChI=1S/C14H28N2O3S/c1-11(13-7-6-8-20(18,19)10-13)16(5)12(2)14(17)9-15(3)4/h12-14,17H,1,6-10H2,2-5H3. The van der Waals surface area contributed by atoms with E-state index in [1.807, 2.05) is 37.9 Å². The van der Waals surface area contributed by atoms with Gasteiger partial charge in [-0.25, -0.2) is 8.42 Å². The molecule has 0 amide bonds. The fourth-order valence-electron chi connectivity index (χ4n) is 2.62. The molecule has 0 aromatic carbocycles. The zero-order valence-corrected chi connectivity index (χ0v) is 13.9. The normalized spacial score (nSPS) is 25.2. The number of sulfone groups is 1. The summed E-state index contributed by atoms with van der Waals surface area (Å²) in [6.07, 6.45) is 1.07. The van der Waals surface area contributed by atoms with Gasteiger partial charge in [-0.05, 0) is 33.9 Å². The second-order valence-electron chi connectivity index (χ2n) is 6.13. The first-order valence-electron chi connectivity index (χ1n) is 7.09. The van der Waals surface area contributed by atoms with E-state index in [9.17, 15) is 13.5 Å². The molecule has 0 aliphatic carbocycles. The Morgan fingerprint density at radius 2 is 2.00 bits per heavy atom. The summed E-state index contributed by atoms with van der Waals surface area (Å²) >= 11 is 0. The minimum absolute atomic E-state index is 0.0206. The SMILES string of the molecule is C=C(C1CCCS(=O)(=O)C1)N(C)C(C)C(O)CN(C)C. The molecule has 3 unspecified atom stereocenters. The Kier molecular flexibility index (Phi) is 6.04. The van der Waals surface area contributed by atoms with Crippen molar-refractivity contribution in [3.63, 3.8) is 0 Å². The van der Waals surface area contributed by atoms with Crippen LogP contribution in [0.25, 0.3) is 0 Å². The zero-order valence-electron chi connectivity index (χ0n) is 13.0.